The average Bonchev–Trinajstić information content (AvgIpc) is 3.22. The van der Waals surface area contributed by atoms with Gasteiger partial charge in [0.1, 0.15) is 11.4 Å². The first kappa shape index (κ1) is 22.5. The Labute approximate surface area is 186 Å². The first-order valence-electron chi connectivity index (χ1n) is 10.1. The molecule has 0 spiro atoms. The van der Waals surface area contributed by atoms with Crippen molar-refractivity contribution >= 4 is 17.5 Å². The number of rotatable bonds is 10. The summed E-state index contributed by atoms with van der Waals surface area (Å²) in [5.74, 6) is 1.80. The highest BCUT2D eigenvalue weighted by Gasteiger charge is 2.11. The third-order valence-electron chi connectivity index (χ3n) is 4.42. The monoisotopic (exact) mass is 443 g/mol. The smallest absolute Gasteiger partial charge is 0.272 e. The molecule has 31 heavy (non-hydrogen) atoms. The molecule has 1 N–H and O–H groups in total. The predicted octanol–water partition coefficient (Wildman–Crippen LogP) is 4.61. The highest BCUT2D eigenvalue weighted by Crippen LogP contribution is 2.28. The van der Waals surface area contributed by atoms with E-state index in [2.05, 4.69) is 10.4 Å². The van der Waals surface area contributed by atoms with Crippen molar-refractivity contribution in [2.75, 3.05) is 13.2 Å². The Morgan fingerprint density at radius 3 is 2.48 bits per heavy atom. The number of hydrogen-bond donors (Lipinski definition) is 1. The summed E-state index contributed by atoms with van der Waals surface area (Å²) in [5.41, 5.74) is 2.15. The molecule has 0 unspecified atom stereocenters. The molecule has 2 aromatic carbocycles. The lowest BCUT2D eigenvalue weighted by molar-refractivity contribution is 0.0943. The Morgan fingerprint density at radius 1 is 1.00 bits per heavy atom. The van der Waals surface area contributed by atoms with Gasteiger partial charge < -0.3 is 19.5 Å². The van der Waals surface area contributed by atoms with Gasteiger partial charge in [0, 0.05) is 17.8 Å². The summed E-state index contributed by atoms with van der Waals surface area (Å²) in [6.07, 6.45) is 1.70. The maximum absolute atomic E-state index is 12.5. The molecule has 8 heteroatoms. The summed E-state index contributed by atoms with van der Waals surface area (Å²) in [6, 6.07) is 12.7. The maximum atomic E-state index is 12.5. The molecule has 1 amide bonds. The quantitative estimate of drug-likeness (QED) is 0.495. The van der Waals surface area contributed by atoms with Gasteiger partial charge in [-0.3, -0.25) is 4.79 Å². The number of amides is 1. The minimum absolute atomic E-state index is 0.187. The minimum atomic E-state index is -0.270. The van der Waals surface area contributed by atoms with Gasteiger partial charge in [-0.15, -0.1) is 0 Å². The third-order valence-corrected chi connectivity index (χ3v) is 4.66. The molecule has 0 aliphatic rings. The zero-order chi connectivity index (χ0) is 22.2. The van der Waals surface area contributed by atoms with Gasteiger partial charge in [-0.1, -0.05) is 17.7 Å². The fourth-order valence-corrected chi connectivity index (χ4v) is 3.17. The van der Waals surface area contributed by atoms with Crippen LogP contribution < -0.4 is 19.5 Å². The van der Waals surface area contributed by atoms with E-state index >= 15 is 0 Å². The van der Waals surface area contributed by atoms with Crippen molar-refractivity contribution in [3.63, 3.8) is 0 Å². The zero-order valence-corrected chi connectivity index (χ0v) is 18.6. The molecule has 3 rings (SSSR count). The summed E-state index contributed by atoms with van der Waals surface area (Å²) < 4.78 is 18.5. The molecule has 0 bridgehead atoms. The van der Waals surface area contributed by atoms with E-state index in [4.69, 9.17) is 25.8 Å². The van der Waals surface area contributed by atoms with Crippen LogP contribution >= 0.6 is 11.6 Å². The highest BCUT2D eigenvalue weighted by atomic mass is 35.5. The lowest BCUT2D eigenvalue weighted by Crippen LogP contribution is -2.23. The number of aryl methyl sites for hydroxylation is 1. The van der Waals surface area contributed by atoms with Gasteiger partial charge in [0.05, 0.1) is 13.2 Å². The molecule has 0 radical (unpaired) electrons. The fraction of sp³-hybridized carbons (Fsp3) is 0.304. The van der Waals surface area contributed by atoms with Gasteiger partial charge in [-0.2, -0.15) is 5.10 Å². The van der Waals surface area contributed by atoms with E-state index in [1.165, 1.54) is 0 Å². The second kappa shape index (κ2) is 10.7. The van der Waals surface area contributed by atoms with Crippen LogP contribution in [0.25, 0.3) is 0 Å². The second-order valence-electron chi connectivity index (χ2n) is 6.75. The summed E-state index contributed by atoms with van der Waals surface area (Å²) in [6.45, 7) is 7.38. The van der Waals surface area contributed by atoms with Crippen LogP contribution in [0.15, 0.2) is 48.7 Å². The number of carbonyl (C=O) groups excluding carboxylic acids is 1. The van der Waals surface area contributed by atoms with Crippen LogP contribution in [0, 0.1) is 6.92 Å². The van der Waals surface area contributed by atoms with E-state index in [0.29, 0.717) is 47.7 Å². The Kier molecular flexibility index (Phi) is 7.78. The Bertz CT molecular complexity index is 1040. The topological polar surface area (TPSA) is 74.6 Å². The number of benzene rings is 2. The molecule has 0 aliphatic heterocycles. The van der Waals surface area contributed by atoms with Crippen LogP contribution in [-0.2, 0) is 13.3 Å². The molecule has 3 aromatic rings. The van der Waals surface area contributed by atoms with Gasteiger partial charge in [0.15, 0.2) is 18.2 Å². The third kappa shape index (κ3) is 6.15. The Morgan fingerprint density at radius 2 is 1.74 bits per heavy atom. The van der Waals surface area contributed by atoms with Crippen molar-refractivity contribution < 1.29 is 19.0 Å². The van der Waals surface area contributed by atoms with E-state index < -0.39 is 0 Å². The van der Waals surface area contributed by atoms with Crippen LogP contribution in [0.1, 0.15) is 35.5 Å². The van der Waals surface area contributed by atoms with Crippen LogP contribution in [0.3, 0.4) is 0 Å². The molecule has 1 heterocycles. The summed E-state index contributed by atoms with van der Waals surface area (Å²) >= 11 is 5.96. The fourth-order valence-electron chi connectivity index (χ4n) is 2.94. The highest BCUT2D eigenvalue weighted by molar-refractivity contribution is 6.30. The van der Waals surface area contributed by atoms with Crippen LogP contribution in [0.5, 0.6) is 17.2 Å². The van der Waals surface area contributed by atoms with E-state index in [1.807, 2.05) is 51.1 Å². The van der Waals surface area contributed by atoms with E-state index in [1.54, 1.807) is 23.0 Å². The van der Waals surface area contributed by atoms with Gasteiger partial charge in [0.25, 0.3) is 5.91 Å². The lowest BCUT2D eigenvalue weighted by atomic mass is 10.2. The van der Waals surface area contributed by atoms with Crippen LogP contribution in [-0.4, -0.2) is 28.9 Å². The summed E-state index contributed by atoms with van der Waals surface area (Å²) in [7, 11) is 0. The average molecular weight is 444 g/mol. The molecule has 1 aromatic heterocycles. The summed E-state index contributed by atoms with van der Waals surface area (Å²) in [5, 5.41) is 7.81. The van der Waals surface area contributed by atoms with Crippen molar-refractivity contribution in [2.24, 2.45) is 0 Å². The number of nitrogens with zero attached hydrogens (tertiary/aromatic N) is 2. The molecular weight excluding hydrogens is 418 g/mol. The van der Waals surface area contributed by atoms with Crippen molar-refractivity contribution in [3.8, 4) is 17.2 Å². The lowest BCUT2D eigenvalue weighted by Gasteiger charge is -2.12. The Balaban J connectivity index is 1.56. The Hall–Kier alpha value is -3.19. The molecule has 0 saturated carbocycles. The van der Waals surface area contributed by atoms with Crippen molar-refractivity contribution in [2.45, 2.75) is 34.0 Å². The van der Waals surface area contributed by atoms with Gasteiger partial charge in [0.2, 0.25) is 0 Å². The molecule has 0 atom stereocenters. The van der Waals surface area contributed by atoms with Crippen molar-refractivity contribution in [1.29, 1.82) is 0 Å². The number of nitrogens with one attached hydrogen (secondary N) is 1. The van der Waals surface area contributed by atoms with E-state index in [-0.39, 0.29) is 12.6 Å². The van der Waals surface area contributed by atoms with Gasteiger partial charge >= 0.3 is 0 Å². The normalized spacial score (nSPS) is 10.6. The molecular formula is C23H26ClN3O4. The standard InChI is InChI=1S/C23H26ClN3O4/c1-4-29-21-8-6-17(13-22(21)30-5-2)14-25-23(28)19-10-11-27(26-19)15-31-20-9-7-18(24)12-16(20)3/h6-13H,4-5,14-15H2,1-3H3,(H,25,28). The van der Waals surface area contributed by atoms with Gasteiger partial charge in [-0.05, 0) is 68.3 Å². The predicted molar refractivity (Wildman–Crippen MR) is 119 cm³/mol. The SMILES string of the molecule is CCOc1ccc(CNC(=O)c2ccn(COc3ccc(Cl)cc3C)n2)cc1OCC. The zero-order valence-electron chi connectivity index (χ0n) is 17.9. The maximum Gasteiger partial charge on any atom is 0.272 e. The first-order valence-corrected chi connectivity index (χ1v) is 10.5. The van der Waals surface area contributed by atoms with Gasteiger partial charge in [-0.25, -0.2) is 4.68 Å². The molecule has 164 valence electrons. The molecule has 0 fully saturated rings. The van der Waals surface area contributed by atoms with Crippen molar-refractivity contribution in [1.82, 2.24) is 15.1 Å². The number of halogens is 1. The second-order valence-corrected chi connectivity index (χ2v) is 7.19. The van der Waals surface area contributed by atoms with Crippen LogP contribution in [0.2, 0.25) is 5.02 Å². The van der Waals surface area contributed by atoms with Crippen molar-refractivity contribution in [3.05, 3.63) is 70.5 Å². The number of aromatic nitrogens is 2. The minimum Gasteiger partial charge on any atom is -0.490 e. The number of carbonyl (C=O) groups is 1. The molecule has 0 saturated heterocycles. The van der Waals surface area contributed by atoms with Crippen LogP contribution in [0.4, 0.5) is 0 Å². The molecule has 0 aliphatic carbocycles. The van der Waals surface area contributed by atoms with E-state index in [9.17, 15) is 4.79 Å². The number of ether oxygens (including phenoxy) is 3. The first-order chi connectivity index (χ1) is 15.0. The van der Waals surface area contributed by atoms with E-state index in [0.717, 1.165) is 11.1 Å². The number of hydrogen-bond acceptors (Lipinski definition) is 5. The largest absolute Gasteiger partial charge is 0.490 e. The molecule has 7 nitrogen and oxygen atoms in total. The summed E-state index contributed by atoms with van der Waals surface area (Å²) in [4.78, 5) is 12.5.